The van der Waals surface area contributed by atoms with Crippen LogP contribution in [0.2, 0.25) is 0 Å². The highest BCUT2D eigenvalue weighted by atomic mass is 19.1. The Hall–Kier alpha value is -2.82. The summed E-state index contributed by atoms with van der Waals surface area (Å²) in [5.74, 6) is -0.220. The zero-order chi connectivity index (χ0) is 19.8. The summed E-state index contributed by atoms with van der Waals surface area (Å²) in [5.41, 5.74) is 7.51. The Labute approximate surface area is 170 Å². The van der Waals surface area contributed by atoms with Crippen LogP contribution in [0.3, 0.4) is 0 Å². The first-order valence-electron chi connectivity index (χ1n) is 10.1. The third-order valence-corrected chi connectivity index (χ3v) is 5.84. The second-order valence-corrected chi connectivity index (χ2v) is 7.93. The van der Waals surface area contributed by atoms with Gasteiger partial charge in [-0.1, -0.05) is 42.5 Å². The molecule has 29 heavy (non-hydrogen) atoms. The maximum Gasteiger partial charge on any atom is 0.123 e. The number of allylic oxidation sites excluding steroid dienone is 1. The molecule has 0 unspecified atom stereocenters. The van der Waals surface area contributed by atoms with E-state index < -0.39 is 0 Å². The Morgan fingerprint density at radius 3 is 2.66 bits per heavy atom. The van der Waals surface area contributed by atoms with Gasteiger partial charge in [0.2, 0.25) is 0 Å². The summed E-state index contributed by atoms with van der Waals surface area (Å²) in [6, 6.07) is 17.5. The number of aliphatic hydroxyl groups is 1. The lowest BCUT2D eigenvalue weighted by atomic mass is 9.97. The smallest absolute Gasteiger partial charge is 0.123 e. The normalized spacial score (nSPS) is 18.7. The molecule has 1 saturated heterocycles. The molecule has 1 atom stereocenters. The van der Waals surface area contributed by atoms with Gasteiger partial charge in [-0.25, -0.2) is 4.39 Å². The van der Waals surface area contributed by atoms with Gasteiger partial charge in [-0.05, 0) is 46.9 Å². The van der Waals surface area contributed by atoms with Crippen molar-refractivity contribution in [2.24, 2.45) is 0 Å². The molecule has 2 aliphatic rings. The number of rotatable bonds is 4. The van der Waals surface area contributed by atoms with Gasteiger partial charge in [-0.3, -0.25) is 9.88 Å². The van der Waals surface area contributed by atoms with Gasteiger partial charge >= 0.3 is 0 Å². The molecule has 0 saturated carbocycles. The minimum atomic E-state index is -0.220. The number of nitrogens with zero attached hydrogens (tertiary/aromatic N) is 2. The molecule has 1 N–H and O–H groups in total. The van der Waals surface area contributed by atoms with Crippen LogP contribution in [0.15, 0.2) is 66.9 Å². The lowest BCUT2D eigenvalue weighted by molar-refractivity contribution is 0.175. The Morgan fingerprint density at radius 1 is 1.03 bits per heavy atom. The van der Waals surface area contributed by atoms with Crippen molar-refractivity contribution >= 4 is 5.57 Å². The van der Waals surface area contributed by atoms with Gasteiger partial charge in [0.1, 0.15) is 5.82 Å². The van der Waals surface area contributed by atoms with Crippen molar-refractivity contribution in [3.63, 3.8) is 0 Å². The van der Waals surface area contributed by atoms with Crippen molar-refractivity contribution in [1.82, 2.24) is 9.88 Å². The fourth-order valence-corrected chi connectivity index (χ4v) is 4.30. The summed E-state index contributed by atoms with van der Waals surface area (Å²) < 4.78 is 13.7. The minimum Gasteiger partial charge on any atom is -0.392 e. The molecule has 146 valence electrons. The number of hydrogen-bond acceptors (Lipinski definition) is 3. The zero-order valence-electron chi connectivity index (χ0n) is 16.2. The van der Waals surface area contributed by atoms with Gasteiger partial charge in [0.25, 0.3) is 0 Å². The minimum absolute atomic E-state index is 0.188. The van der Waals surface area contributed by atoms with E-state index in [1.807, 2.05) is 12.3 Å². The van der Waals surface area contributed by atoms with E-state index in [4.69, 9.17) is 0 Å². The molecule has 3 nitrogen and oxygen atoms in total. The highest BCUT2D eigenvalue weighted by Gasteiger charge is 2.20. The first-order chi connectivity index (χ1) is 14.2. The second kappa shape index (κ2) is 7.54. The maximum atomic E-state index is 13.7. The van der Waals surface area contributed by atoms with Gasteiger partial charge in [-0.15, -0.1) is 0 Å². The first-order valence-corrected chi connectivity index (χ1v) is 10.1. The standard InChI is InChI=1S/C25H23FN2O/c26-21-3-1-2-19(12-21)23-8-9-25-24(23)13-20(14-27-25)18-6-4-17(5-7-18)15-28-11-10-22(29)16-28/h1-8,12-14,22,29H,9-11,15-16H2/t22-/m1/s1. The highest BCUT2D eigenvalue weighted by molar-refractivity contribution is 5.85. The van der Waals surface area contributed by atoms with Crippen LogP contribution >= 0.6 is 0 Å². The van der Waals surface area contributed by atoms with Crippen molar-refractivity contribution in [2.75, 3.05) is 13.1 Å². The lowest BCUT2D eigenvalue weighted by Crippen LogP contribution is -2.21. The molecule has 2 heterocycles. The Bertz CT molecular complexity index is 1070. The topological polar surface area (TPSA) is 36.4 Å². The molecule has 0 bridgehead atoms. The second-order valence-electron chi connectivity index (χ2n) is 7.93. The van der Waals surface area contributed by atoms with E-state index in [0.29, 0.717) is 0 Å². The van der Waals surface area contributed by atoms with E-state index in [2.05, 4.69) is 46.3 Å². The molecule has 1 fully saturated rings. The fourth-order valence-electron chi connectivity index (χ4n) is 4.30. The van der Waals surface area contributed by atoms with Crippen molar-refractivity contribution < 1.29 is 9.50 Å². The highest BCUT2D eigenvalue weighted by Crippen LogP contribution is 2.34. The van der Waals surface area contributed by atoms with Crippen LogP contribution < -0.4 is 0 Å². The van der Waals surface area contributed by atoms with Crippen molar-refractivity contribution in [2.45, 2.75) is 25.5 Å². The van der Waals surface area contributed by atoms with E-state index in [-0.39, 0.29) is 11.9 Å². The zero-order valence-corrected chi connectivity index (χ0v) is 16.2. The number of β-amino-alcohol motifs (C(OH)–C–C–N with tert-alkyl or cyclic N) is 1. The molecule has 1 aliphatic heterocycles. The Morgan fingerprint density at radius 2 is 1.90 bits per heavy atom. The average molecular weight is 386 g/mol. The van der Waals surface area contributed by atoms with Crippen molar-refractivity contribution in [3.05, 3.63) is 95.1 Å². The maximum absolute atomic E-state index is 13.7. The predicted molar refractivity (Wildman–Crippen MR) is 113 cm³/mol. The molecule has 4 heteroatoms. The first kappa shape index (κ1) is 18.2. The quantitative estimate of drug-likeness (QED) is 0.720. The third-order valence-electron chi connectivity index (χ3n) is 5.84. The molecule has 2 aromatic carbocycles. The van der Waals surface area contributed by atoms with Gasteiger partial charge in [0.15, 0.2) is 0 Å². The Kier molecular flexibility index (Phi) is 4.74. The molecule has 0 amide bonds. The van der Waals surface area contributed by atoms with Crippen LogP contribution in [0, 0.1) is 5.82 Å². The number of hydrogen-bond donors (Lipinski definition) is 1. The number of fused-ring (bicyclic) bond motifs is 1. The number of aliphatic hydroxyl groups excluding tert-OH is 1. The molecule has 3 aromatic rings. The van der Waals surface area contributed by atoms with Crippen LogP contribution in [0.5, 0.6) is 0 Å². The molecular weight excluding hydrogens is 363 g/mol. The van der Waals surface area contributed by atoms with Gasteiger partial charge in [-0.2, -0.15) is 0 Å². The largest absolute Gasteiger partial charge is 0.392 e. The van der Waals surface area contributed by atoms with E-state index in [1.54, 1.807) is 12.1 Å². The molecule has 0 spiro atoms. The summed E-state index contributed by atoms with van der Waals surface area (Å²) in [4.78, 5) is 6.95. The molecule has 5 rings (SSSR count). The summed E-state index contributed by atoms with van der Waals surface area (Å²) in [6.45, 7) is 2.57. The summed E-state index contributed by atoms with van der Waals surface area (Å²) in [7, 11) is 0. The monoisotopic (exact) mass is 386 g/mol. The van der Waals surface area contributed by atoms with Gasteiger partial charge < -0.3 is 5.11 Å². The average Bonchev–Trinajstić information content (AvgIpc) is 3.34. The van der Waals surface area contributed by atoms with Crippen LogP contribution in [0.1, 0.15) is 28.8 Å². The van der Waals surface area contributed by atoms with Gasteiger partial charge in [0, 0.05) is 43.4 Å². The number of pyridine rings is 1. The SMILES string of the molecule is O[C@@H]1CCN(Cc2ccc(-c3cnc4c(c3)C(c3cccc(F)c3)=CC4)cc2)C1. The van der Waals surface area contributed by atoms with Crippen LogP contribution in [0.4, 0.5) is 4.39 Å². The van der Waals surface area contributed by atoms with E-state index in [9.17, 15) is 9.50 Å². The molecular formula is C25H23FN2O. The molecule has 0 radical (unpaired) electrons. The van der Waals surface area contributed by atoms with E-state index in [1.165, 1.54) is 11.6 Å². The van der Waals surface area contributed by atoms with Crippen molar-refractivity contribution in [3.8, 4) is 11.1 Å². The van der Waals surface area contributed by atoms with Crippen molar-refractivity contribution in [1.29, 1.82) is 0 Å². The van der Waals surface area contributed by atoms with Crippen LogP contribution in [-0.2, 0) is 13.0 Å². The number of likely N-dealkylation sites (tertiary alicyclic amines) is 1. The lowest BCUT2D eigenvalue weighted by Gasteiger charge is -2.15. The number of halogens is 1. The number of aromatic nitrogens is 1. The van der Waals surface area contributed by atoms with Crippen LogP contribution in [0.25, 0.3) is 16.7 Å². The summed E-state index contributed by atoms with van der Waals surface area (Å²) in [6.07, 6.45) is 5.51. The molecule has 1 aliphatic carbocycles. The van der Waals surface area contributed by atoms with E-state index in [0.717, 1.165) is 66.0 Å². The summed E-state index contributed by atoms with van der Waals surface area (Å²) >= 11 is 0. The Balaban J connectivity index is 1.39. The number of benzene rings is 2. The fraction of sp³-hybridized carbons (Fsp3) is 0.240. The van der Waals surface area contributed by atoms with Crippen LogP contribution in [-0.4, -0.2) is 34.2 Å². The van der Waals surface area contributed by atoms with Gasteiger partial charge in [0.05, 0.1) is 11.8 Å². The molecule has 1 aromatic heterocycles. The predicted octanol–water partition coefficient (Wildman–Crippen LogP) is 4.44. The van der Waals surface area contributed by atoms with E-state index >= 15 is 0 Å². The summed E-state index contributed by atoms with van der Waals surface area (Å²) in [5, 5.41) is 9.69. The third kappa shape index (κ3) is 3.74.